The van der Waals surface area contributed by atoms with E-state index in [0.29, 0.717) is 23.5 Å². The minimum atomic E-state index is -0.448. The van der Waals surface area contributed by atoms with Crippen molar-refractivity contribution in [1.29, 1.82) is 0 Å². The lowest BCUT2D eigenvalue weighted by atomic mass is 10.2. The van der Waals surface area contributed by atoms with Crippen molar-refractivity contribution in [2.45, 2.75) is 6.92 Å². The van der Waals surface area contributed by atoms with E-state index < -0.39 is 11.7 Å². The predicted octanol–water partition coefficient (Wildman–Crippen LogP) is 3.79. The third-order valence-corrected chi connectivity index (χ3v) is 3.65. The highest BCUT2D eigenvalue weighted by Gasteiger charge is 2.09. The van der Waals surface area contributed by atoms with E-state index in [4.69, 9.17) is 4.74 Å². The van der Waals surface area contributed by atoms with E-state index in [1.165, 1.54) is 30.6 Å². The number of carbonyl (C=O) groups is 2. The first-order valence-electron chi connectivity index (χ1n) is 8.48. The summed E-state index contributed by atoms with van der Waals surface area (Å²) in [4.78, 5) is 32.0. The number of nitrogens with one attached hydrogen (secondary N) is 2. The van der Waals surface area contributed by atoms with Crippen LogP contribution < -0.4 is 10.6 Å². The molecule has 0 aliphatic rings. The van der Waals surface area contributed by atoms with E-state index in [0.717, 1.165) is 0 Å². The molecule has 0 spiro atoms. The second-order valence-corrected chi connectivity index (χ2v) is 5.68. The van der Waals surface area contributed by atoms with Gasteiger partial charge in [0, 0.05) is 23.8 Å². The van der Waals surface area contributed by atoms with Crippen LogP contribution in [-0.4, -0.2) is 28.5 Å². The molecule has 0 saturated heterocycles. The molecule has 0 radical (unpaired) electrons. The topological polar surface area (TPSA) is 93.2 Å². The Balaban J connectivity index is 1.62. The number of aromatic nitrogens is 2. The minimum Gasteiger partial charge on any atom is -0.462 e. The molecule has 2 aromatic carbocycles. The molecule has 0 fully saturated rings. The monoisotopic (exact) mass is 380 g/mol. The zero-order chi connectivity index (χ0) is 19.9. The molecule has 1 aromatic heterocycles. The molecule has 1 amide bonds. The molecule has 0 atom stereocenters. The number of rotatable bonds is 6. The lowest BCUT2D eigenvalue weighted by molar-refractivity contribution is 0.0526. The Bertz CT molecular complexity index is 976. The fourth-order valence-electron chi connectivity index (χ4n) is 2.31. The van der Waals surface area contributed by atoms with E-state index in [1.807, 2.05) is 0 Å². The van der Waals surface area contributed by atoms with Gasteiger partial charge in [-0.1, -0.05) is 6.07 Å². The first kappa shape index (κ1) is 19.0. The van der Waals surface area contributed by atoms with Gasteiger partial charge in [-0.3, -0.25) is 4.79 Å². The van der Waals surface area contributed by atoms with Crippen LogP contribution in [0.2, 0.25) is 0 Å². The number of amides is 1. The number of benzene rings is 2. The molecule has 3 rings (SSSR count). The molecule has 0 aliphatic heterocycles. The molecule has 0 unspecified atom stereocenters. The lowest BCUT2D eigenvalue weighted by Crippen LogP contribution is -2.13. The Morgan fingerprint density at radius 1 is 1.00 bits per heavy atom. The molecule has 1 heterocycles. The average molecular weight is 380 g/mol. The van der Waals surface area contributed by atoms with Crippen LogP contribution in [0.25, 0.3) is 0 Å². The zero-order valence-electron chi connectivity index (χ0n) is 15.0. The molecule has 0 bridgehead atoms. The van der Waals surface area contributed by atoms with E-state index >= 15 is 0 Å². The molecule has 0 aliphatic carbocycles. The maximum atomic E-state index is 13.2. The molecule has 2 N–H and O–H groups in total. The fraction of sp³-hybridized carbons (Fsp3) is 0.100. The van der Waals surface area contributed by atoms with Crippen LogP contribution >= 0.6 is 0 Å². The summed E-state index contributed by atoms with van der Waals surface area (Å²) in [5, 5.41) is 5.54. The van der Waals surface area contributed by atoms with Crippen LogP contribution in [0.1, 0.15) is 27.6 Å². The molecular weight excluding hydrogens is 363 g/mol. The number of esters is 1. The first-order chi connectivity index (χ1) is 13.5. The smallest absolute Gasteiger partial charge is 0.338 e. The Morgan fingerprint density at radius 2 is 1.71 bits per heavy atom. The first-order valence-corrected chi connectivity index (χ1v) is 8.48. The normalized spacial score (nSPS) is 10.2. The Labute approximate surface area is 160 Å². The molecule has 3 aromatic rings. The number of anilines is 3. The summed E-state index contributed by atoms with van der Waals surface area (Å²) in [5.74, 6) is -0.997. The van der Waals surface area contributed by atoms with Crippen LogP contribution in [0.5, 0.6) is 0 Å². The van der Waals surface area contributed by atoms with Crippen LogP contribution in [0, 0.1) is 5.82 Å². The van der Waals surface area contributed by atoms with Crippen LogP contribution in [0.15, 0.2) is 60.9 Å². The number of carbonyl (C=O) groups excluding carboxylic acids is 2. The van der Waals surface area contributed by atoms with Gasteiger partial charge < -0.3 is 15.4 Å². The maximum Gasteiger partial charge on any atom is 0.338 e. The molecule has 28 heavy (non-hydrogen) atoms. The van der Waals surface area contributed by atoms with E-state index in [2.05, 4.69) is 20.6 Å². The average Bonchev–Trinajstić information content (AvgIpc) is 2.69. The van der Waals surface area contributed by atoms with Gasteiger partial charge >= 0.3 is 5.97 Å². The van der Waals surface area contributed by atoms with Crippen molar-refractivity contribution in [3.63, 3.8) is 0 Å². The quantitative estimate of drug-likeness (QED) is 0.632. The predicted molar refractivity (Wildman–Crippen MR) is 102 cm³/mol. The number of ether oxygens (including phenoxy) is 1. The Hall–Kier alpha value is -3.81. The van der Waals surface area contributed by atoms with Gasteiger partial charge in [-0.15, -0.1) is 0 Å². The summed E-state index contributed by atoms with van der Waals surface area (Å²) < 4.78 is 18.1. The van der Waals surface area contributed by atoms with Crippen LogP contribution in [0.4, 0.5) is 21.7 Å². The summed E-state index contributed by atoms with van der Waals surface area (Å²) in [6.07, 6.45) is 2.72. The fourth-order valence-corrected chi connectivity index (χ4v) is 2.31. The number of nitrogens with zero attached hydrogens (tertiary/aromatic N) is 2. The van der Waals surface area contributed by atoms with E-state index in [9.17, 15) is 14.0 Å². The lowest BCUT2D eigenvalue weighted by Gasteiger charge is -2.07. The van der Waals surface area contributed by atoms with Gasteiger partial charge in [-0.05, 0) is 49.4 Å². The van der Waals surface area contributed by atoms with Crippen molar-refractivity contribution in [1.82, 2.24) is 9.97 Å². The van der Waals surface area contributed by atoms with Gasteiger partial charge in [0.15, 0.2) is 0 Å². The third-order valence-electron chi connectivity index (χ3n) is 3.65. The van der Waals surface area contributed by atoms with Crippen molar-refractivity contribution < 1.29 is 18.7 Å². The highest BCUT2D eigenvalue weighted by molar-refractivity contribution is 6.03. The summed E-state index contributed by atoms with van der Waals surface area (Å²) in [6.45, 7) is 2.05. The van der Waals surface area contributed by atoms with Gasteiger partial charge in [0.1, 0.15) is 5.82 Å². The summed E-state index contributed by atoms with van der Waals surface area (Å²) in [5.41, 5.74) is 1.68. The minimum absolute atomic E-state index is 0.229. The Morgan fingerprint density at radius 3 is 2.36 bits per heavy atom. The van der Waals surface area contributed by atoms with Gasteiger partial charge in [-0.2, -0.15) is 0 Å². The maximum absolute atomic E-state index is 13.2. The van der Waals surface area contributed by atoms with Crippen molar-refractivity contribution >= 4 is 29.2 Å². The summed E-state index contributed by atoms with van der Waals surface area (Å²) in [6, 6.07) is 12.2. The SMILES string of the molecule is CCOC(=O)c1ccc(Nc2ncc(C(=O)Nc3cccc(F)c3)cn2)cc1. The molecule has 0 saturated carbocycles. The van der Waals surface area contributed by atoms with Crippen molar-refractivity contribution in [2.75, 3.05) is 17.2 Å². The largest absolute Gasteiger partial charge is 0.462 e. The molecule has 142 valence electrons. The van der Waals surface area contributed by atoms with Gasteiger partial charge in [0.2, 0.25) is 5.95 Å². The molecule has 8 heteroatoms. The van der Waals surface area contributed by atoms with Crippen molar-refractivity contribution in [3.8, 4) is 0 Å². The molecule has 7 nitrogen and oxygen atoms in total. The summed E-state index contributed by atoms with van der Waals surface area (Å²) >= 11 is 0. The van der Waals surface area contributed by atoms with Crippen LogP contribution in [-0.2, 0) is 4.74 Å². The number of hydrogen-bond donors (Lipinski definition) is 2. The zero-order valence-corrected chi connectivity index (χ0v) is 15.0. The highest BCUT2D eigenvalue weighted by Crippen LogP contribution is 2.15. The standard InChI is InChI=1S/C20H17FN4O3/c1-2-28-19(27)13-6-8-16(9-7-13)25-20-22-11-14(12-23-20)18(26)24-17-5-3-4-15(21)10-17/h3-12H,2H2,1H3,(H,24,26)(H,22,23,25). The van der Waals surface area contributed by atoms with Crippen LogP contribution in [0.3, 0.4) is 0 Å². The second-order valence-electron chi connectivity index (χ2n) is 5.68. The highest BCUT2D eigenvalue weighted by atomic mass is 19.1. The summed E-state index contributed by atoms with van der Waals surface area (Å²) in [7, 11) is 0. The Kier molecular flexibility index (Phi) is 5.91. The van der Waals surface area contributed by atoms with E-state index in [1.54, 1.807) is 37.3 Å². The van der Waals surface area contributed by atoms with Gasteiger partial charge in [0.05, 0.1) is 17.7 Å². The number of hydrogen-bond acceptors (Lipinski definition) is 6. The third kappa shape index (κ3) is 4.88. The van der Waals surface area contributed by atoms with Crippen molar-refractivity contribution in [3.05, 3.63) is 77.9 Å². The van der Waals surface area contributed by atoms with E-state index in [-0.39, 0.29) is 17.5 Å². The molecular formula is C20H17FN4O3. The number of halogens is 1. The van der Waals surface area contributed by atoms with Gasteiger partial charge in [-0.25, -0.2) is 19.2 Å². The van der Waals surface area contributed by atoms with Crippen molar-refractivity contribution in [2.24, 2.45) is 0 Å². The second kappa shape index (κ2) is 8.72. The van der Waals surface area contributed by atoms with Gasteiger partial charge in [0.25, 0.3) is 5.91 Å².